The quantitative estimate of drug-likeness (QED) is 0.376. The molecule has 0 N–H and O–H groups in total. The van der Waals surface area contributed by atoms with E-state index in [-0.39, 0.29) is 10.8 Å². The lowest BCUT2D eigenvalue weighted by molar-refractivity contribution is 0.0168. The monoisotopic (exact) mass is 496 g/mol. The third kappa shape index (κ3) is 8.06. The molecule has 1 unspecified atom stereocenters. The molecule has 0 aromatic carbocycles. The van der Waals surface area contributed by atoms with E-state index in [0.717, 1.165) is 58.5 Å². The minimum absolute atomic E-state index is 0.0608. The van der Waals surface area contributed by atoms with E-state index < -0.39 is 9.84 Å². The molecule has 34 heavy (non-hydrogen) atoms. The summed E-state index contributed by atoms with van der Waals surface area (Å²) in [6, 6.07) is 0. The van der Waals surface area contributed by atoms with E-state index in [1.54, 1.807) is 0 Å². The van der Waals surface area contributed by atoms with E-state index in [1.165, 1.54) is 0 Å². The van der Waals surface area contributed by atoms with Crippen LogP contribution in [0.2, 0.25) is 0 Å². The highest BCUT2D eigenvalue weighted by atomic mass is 32.2. The molecular weight excluding hydrogens is 444 g/mol. The Labute approximate surface area is 211 Å². The standard InChI is InChI=1S/C10H18O2S.C10H18O.C9H16O/c1-4-10(9(2)3)5-7-13(11,12)8-6-10;1-4-10(9(2)3)5-7-11-8-6-10;1-4-9(8(2)3)5-6-10-7-9/h4,9H,1,5-8H2,2-3H3;4,9H,1,5-8H2,2-3H3;4,8H,1,5-7H2,2-3H3. The Morgan fingerprint density at radius 3 is 1.24 bits per heavy atom. The van der Waals surface area contributed by atoms with Crippen molar-refractivity contribution in [3.8, 4) is 0 Å². The Bertz CT molecular complexity index is 722. The smallest absolute Gasteiger partial charge is 0.150 e. The molecule has 0 aliphatic carbocycles. The zero-order chi connectivity index (χ0) is 26.0. The lowest BCUT2D eigenvalue weighted by atomic mass is 9.71. The van der Waals surface area contributed by atoms with Crippen molar-refractivity contribution >= 4 is 9.84 Å². The van der Waals surface area contributed by atoms with E-state index in [2.05, 4.69) is 73.4 Å². The van der Waals surface area contributed by atoms with Crippen LogP contribution in [0.4, 0.5) is 0 Å². The van der Waals surface area contributed by atoms with Gasteiger partial charge in [0.2, 0.25) is 0 Å². The van der Waals surface area contributed by atoms with Crippen LogP contribution in [0.25, 0.3) is 0 Å². The zero-order valence-electron chi connectivity index (χ0n) is 22.9. The normalized spacial score (nSPS) is 27.2. The van der Waals surface area contributed by atoms with E-state index in [4.69, 9.17) is 9.47 Å². The van der Waals surface area contributed by atoms with Gasteiger partial charge >= 0.3 is 0 Å². The predicted octanol–water partition coefficient (Wildman–Crippen LogP) is 6.88. The maximum absolute atomic E-state index is 11.2. The fourth-order valence-corrected chi connectivity index (χ4v) is 6.74. The summed E-state index contributed by atoms with van der Waals surface area (Å²) in [6.07, 6.45) is 11.1. The van der Waals surface area contributed by atoms with E-state index in [1.807, 2.05) is 6.08 Å². The van der Waals surface area contributed by atoms with Gasteiger partial charge in [-0.3, -0.25) is 0 Å². The molecule has 3 saturated heterocycles. The summed E-state index contributed by atoms with van der Waals surface area (Å²) < 4.78 is 33.2. The number of allylic oxidation sites excluding steroid dienone is 2. The summed E-state index contributed by atoms with van der Waals surface area (Å²) in [4.78, 5) is 0. The third-order valence-electron chi connectivity index (χ3n) is 8.93. The molecule has 198 valence electrons. The summed E-state index contributed by atoms with van der Waals surface area (Å²) in [5.41, 5.74) is 0.698. The Morgan fingerprint density at radius 2 is 0.971 bits per heavy atom. The van der Waals surface area contributed by atoms with Crippen molar-refractivity contribution in [1.82, 2.24) is 0 Å². The molecule has 0 aromatic heterocycles. The molecule has 4 nitrogen and oxygen atoms in total. The first kappa shape index (κ1) is 31.1. The lowest BCUT2D eigenvalue weighted by Crippen LogP contribution is -2.35. The first-order valence-corrected chi connectivity index (χ1v) is 14.9. The Hall–Kier alpha value is -0.910. The molecule has 3 aliphatic rings. The van der Waals surface area contributed by atoms with Gasteiger partial charge < -0.3 is 9.47 Å². The molecule has 3 aliphatic heterocycles. The zero-order valence-corrected chi connectivity index (χ0v) is 23.7. The highest BCUT2D eigenvalue weighted by molar-refractivity contribution is 7.91. The fourth-order valence-electron chi connectivity index (χ4n) is 5.15. The van der Waals surface area contributed by atoms with Gasteiger partial charge in [-0.2, -0.15) is 0 Å². The number of ether oxygens (including phenoxy) is 2. The van der Waals surface area contributed by atoms with Gasteiger partial charge in [-0.25, -0.2) is 8.42 Å². The molecule has 0 bridgehead atoms. The molecule has 3 heterocycles. The predicted molar refractivity (Wildman–Crippen MR) is 146 cm³/mol. The van der Waals surface area contributed by atoms with Crippen molar-refractivity contribution in [2.45, 2.75) is 73.6 Å². The van der Waals surface area contributed by atoms with Crippen molar-refractivity contribution in [2.75, 3.05) is 37.9 Å². The number of hydrogen-bond donors (Lipinski definition) is 0. The van der Waals surface area contributed by atoms with Gasteiger partial charge in [0, 0.05) is 25.2 Å². The Kier molecular flexibility index (Phi) is 12.3. The van der Waals surface area contributed by atoms with Gasteiger partial charge in [0.25, 0.3) is 0 Å². The van der Waals surface area contributed by atoms with Crippen LogP contribution < -0.4 is 0 Å². The molecule has 0 radical (unpaired) electrons. The maximum atomic E-state index is 11.2. The first-order chi connectivity index (χ1) is 15.8. The minimum atomic E-state index is -2.75. The molecule has 0 aromatic rings. The van der Waals surface area contributed by atoms with Crippen LogP contribution in [0.5, 0.6) is 0 Å². The van der Waals surface area contributed by atoms with Gasteiger partial charge in [-0.05, 0) is 60.7 Å². The average molecular weight is 497 g/mol. The van der Waals surface area contributed by atoms with Gasteiger partial charge in [0.1, 0.15) is 9.84 Å². The average Bonchev–Trinajstić information content (AvgIpc) is 3.31. The van der Waals surface area contributed by atoms with Crippen molar-refractivity contribution in [2.24, 2.45) is 34.0 Å². The van der Waals surface area contributed by atoms with Crippen LogP contribution >= 0.6 is 0 Å². The van der Waals surface area contributed by atoms with E-state index in [0.29, 0.717) is 34.7 Å². The second-order valence-electron chi connectivity index (χ2n) is 11.3. The van der Waals surface area contributed by atoms with Crippen LogP contribution in [0.15, 0.2) is 38.0 Å². The molecule has 0 spiro atoms. The second-order valence-corrected chi connectivity index (χ2v) is 13.6. The molecule has 5 heteroatoms. The highest BCUT2D eigenvalue weighted by Gasteiger charge is 2.37. The fraction of sp³-hybridized carbons (Fsp3) is 0.793. The van der Waals surface area contributed by atoms with Gasteiger partial charge in [0.05, 0.1) is 18.1 Å². The van der Waals surface area contributed by atoms with E-state index in [9.17, 15) is 8.42 Å². The van der Waals surface area contributed by atoms with Gasteiger partial charge in [-0.15, -0.1) is 19.7 Å². The van der Waals surface area contributed by atoms with E-state index >= 15 is 0 Å². The topological polar surface area (TPSA) is 52.6 Å². The summed E-state index contributed by atoms with van der Waals surface area (Å²) >= 11 is 0. The molecule has 0 saturated carbocycles. The van der Waals surface area contributed by atoms with Crippen LogP contribution in [0, 0.1) is 34.0 Å². The highest BCUT2D eigenvalue weighted by Crippen LogP contribution is 2.41. The summed E-state index contributed by atoms with van der Waals surface area (Å²) in [5, 5.41) is 0. The van der Waals surface area contributed by atoms with Crippen LogP contribution in [-0.2, 0) is 19.3 Å². The van der Waals surface area contributed by atoms with Crippen LogP contribution in [-0.4, -0.2) is 46.4 Å². The maximum Gasteiger partial charge on any atom is 0.150 e. The molecule has 1 atom stereocenters. The third-order valence-corrected chi connectivity index (χ3v) is 10.6. The number of hydrogen-bond acceptors (Lipinski definition) is 4. The molecule has 3 fully saturated rings. The molecular formula is C29H52O4S. The molecule has 0 amide bonds. The lowest BCUT2D eigenvalue weighted by Gasteiger charge is -2.38. The largest absolute Gasteiger partial charge is 0.381 e. The van der Waals surface area contributed by atoms with Crippen molar-refractivity contribution < 1.29 is 17.9 Å². The summed E-state index contributed by atoms with van der Waals surface area (Å²) in [7, 11) is -2.75. The van der Waals surface area contributed by atoms with Crippen molar-refractivity contribution in [3.05, 3.63) is 38.0 Å². The Morgan fingerprint density at radius 1 is 0.618 bits per heavy atom. The Balaban J connectivity index is 0.000000257. The van der Waals surface area contributed by atoms with Crippen molar-refractivity contribution in [3.63, 3.8) is 0 Å². The summed E-state index contributed by atoms with van der Waals surface area (Å²) in [5.74, 6) is 2.51. The first-order valence-electron chi connectivity index (χ1n) is 13.1. The van der Waals surface area contributed by atoms with Gasteiger partial charge in [-0.1, -0.05) is 59.8 Å². The SMILES string of the molecule is C=CC1(C(C)C)CCOC1.C=CC1(C(C)C)CCOCC1.C=CC1(C(C)C)CCS(=O)(=O)CC1. The summed E-state index contributed by atoms with van der Waals surface area (Å²) in [6.45, 7) is 28.5. The minimum Gasteiger partial charge on any atom is -0.381 e. The number of sulfone groups is 1. The van der Waals surface area contributed by atoms with Crippen LogP contribution in [0.3, 0.4) is 0 Å². The molecule has 3 rings (SSSR count). The second kappa shape index (κ2) is 13.4. The van der Waals surface area contributed by atoms with Crippen LogP contribution in [0.1, 0.15) is 73.6 Å². The van der Waals surface area contributed by atoms with Gasteiger partial charge in [0.15, 0.2) is 0 Å². The number of rotatable bonds is 6. The van der Waals surface area contributed by atoms with Crippen molar-refractivity contribution in [1.29, 1.82) is 0 Å².